The Hall–Kier alpha value is -3.15. The fourth-order valence-corrected chi connectivity index (χ4v) is 3.13. The number of nitrogens with zero attached hydrogens (tertiary/aromatic N) is 2. The highest BCUT2D eigenvalue weighted by atomic mass is 32.2. The molecular formula is C17H15F3N4O4S. The first-order chi connectivity index (χ1) is 13.6. The number of amides is 1. The number of halogens is 3. The minimum Gasteiger partial charge on any atom is -0.376 e. The normalized spacial score (nSPS) is 12.1. The van der Waals surface area contributed by atoms with Crippen LogP contribution in [0, 0.1) is 0 Å². The van der Waals surface area contributed by atoms with E-state index in [9.17, 15) is 26.4 Å². The van der Waals surface area contributed by atoms with Crippen molar-refractivity contribution in [2.45, 2.75) is 18.3 Å². The molecule has 0 radical (unpaired) electrons. The Morgan fingerprint density at radius 2 is 1.83 bits per heavy atom. The maximum Gasteiger partial charge on any atom is 0.534 e. The molecule has 0 saturated carbocycles. The number of carbonyl (C=O) groups excluding carboxylic acids is 1. The monoisotopic (exact) mass is 428 g/mol. The second-order valence-electron chi connectivity index (χ2n) is 5.91. The van der Waals surface area contributed by atoms with Gasteiger partial charge < -0.3 is 14.5 Å². The Kier molecular flexibility index (Phi) is 5.46. The Bertz CT molecular complexity index is 1140. The first kappa shape index (κ1) is 20.6. The van der Waals surface area contributed by atoms with Gasteiger partial charge in [-0.1, -0.05) is 0 Å². The van der Waals surface area contributed by atoms with Crippen LogP contribution in [0.2, 0.25) is 0 Å². The van der Waals surface area contributed by atoms with Gasteiger partial charge in [-0.3, -0.25) is 9.78 Å². The van der Waals surface area contributed by atoms with Gasteiger partial charge in [-0.2, -0.15) is 21.6 Å². The van der Waals surface area contributed by atoms with E-state index < -0.39 is 21.4 Å². The van der Waals surface area contributed by atoms with Crippen molar-refractivity contribution in [1.29, 1.82) is 0 Å². The molecule has 0 aliphatic rings. The van der Waals surface area contributed by atoms with E-state index >= 15 is 0 Å². The number of aromatic amines is 1. The van der Waals surface area contributed by atoms with Gasteiger partial charge in [-0.25, -0.2) is 4.98 Å². The second kappa shape index (κ2) is 7.70. The van der Waals surface area contributed by atoms with Gasteiger partial charge in [0.05, 0.1) is 5.69 Å². The highest BCUT2D eigenvalue weighted by Gasteiger charge is 2.48. The van der Waals surface area contributed by atoms with Crippen LogP contribution in [0.4, 0.5) is 13.2 Å². The smallest absolute Gasteiger partial charge is 0.376 e. The fourth-order valence-electron chi connectivity index (χ4n) is 2.67. The van der Waals surface area contributed by atoms with Crippen LogP contribution in [0.1, 0.15) is 12.0 Å². The molecule has 8 nitrogen and oxygen atoms in total. The zero-order valence-corrected chi connectivity index (χ0v) is 15.8. The van der Waals surface area contributed by atoms with Crippen molar-refractivity contribution >= 4 is 27.2 Å². The lowest BCUT2D eigenvalue weighted by Gasteiger charge is -2.10. The Morgan fingerprint density at radius 1 is 1.17 bits per heavy atom. The summed E-state index contributed by atoms with van der Waals surface area (Å²) in [7, 11) is -4.23. The maximum atomic E-state index is 12.4. The summed E-state index contributed by atoms with van der Waals surface area (Å²) < 4.78 is 63.7. The standard InChI is InChI=1S/C17H15F3N4O4S/c1-21-13(25)7-6-12-14(24-16-15(12)22-8-9-23-16)10-2-4-11(5-3-10)28-29(26,27)17(18,19)20/h2-5,8-9H,6-7H2,1H3,(H,21,25)(H,23,24). The molecule has 0 aliphatic carbocycles. The summed E-state index contributed by atoms with van der Waals surface area (Å²) >= 11 is 0. The molecule has 0 aliphatic heterocycles. The first-order valence-corrected chi connectivity index (χ1v) is 9.66. The zero-order valence-electron chi connectivity index (χ0n) is 14.9. The molecule has 0 spiro atoms. The van der Waals surface area contributed by atoms with Gasteiger partial charge in [0, 0.05) is 31.4 Å². The van der Waals surface area contributed by atoms with Gasteiger partial charge in [0.15, 0.2) is 5.65 Å². The number of fused-ring (bicyclic) bond motifs is 1. The van der Waals surface area contributed by atoms with Crippen LogP contribution < -0.4 is 9.50 Å². The Balaban J connectivity index is 1.95. The molecule has 2 N–H and O–H groups in total. The van der Waals surface area contributed by atoms with E-state index in [0.717, 1.165) is 12.1 Å². The van der Waals surface area contributed by atoms with Crippen molar-refractivity contribution in [1.82, 2.24) is 20.3 Å². The van der Waals surface area contributed by atoms with Crippen molar-refractivity contribution in [3.63, 3.8) is 0 Å². The SMILES string of the molecule is CNC(=O)CCc1c(-c2ccc(OS(=O)(=O)C(F)(F)F)cc2)[nH]c2nccnc12. The van der Waals surface area contributed by atoms with Crippen LogP contribution in [0.5, 0.6) is 5.75 Å². The highest BCUT2D eigenvalue weighted by molar-refractivity contribution is 7.88. The molecule has 154 valence electrons. The number of benzene rings is 1. The van der Waals surface area contributed by atoms with E-state index in [0.29, 0.717) is 34.4 Å². The molecule has 12 heteroatoms. The summed E-state index contributed by atoms with van der Waals surface area (Å²) in [5, 5.41) is 2.53. The zero-order chi connectivity index (χ0) is 21.2. The van der Waals surface area contributed by atoms with Gasteiger partial charge in [0.25, 0.3) is 0 Å². The van der Waals surface area contributed by atoms with Gasteiger partial charge in [-0.15, -0.1) is 0 Å². The summed E-state index contributed by atoms with van der Waals surface area (Å²) in [6.45, 7) is 0. The van der Waals surface area contributed by atoms with E-state index in [-0.39, 0.29) is 12.3 Å². The topological polar surface area (TPSA) is 114 Å². The lowest BCUT2D eigenvalue weighted by atomic mass is 10.0. The summed E-state index contributed by atoms with van der Waals surface area (Å²) in [4.78, 5) is 23.1. The van der Waals surface area contributed by atoms with E-state index in [4.69, 9.17) is 0 Å². The Morgan fingerprint density at radius 3 is 2.45 bits per heavy atom. The maximum absolute atomic E-state index is 12.4. The second-order valence-corrected chi connectivity index (χ2v) is 7.45. The van der Waals surface area contributed by atoms with Gasteiger partial charge in [-0.05, 0) is 36.2 Å². The number of carbonyl (C=O) groups is 1. The van der Waals surface area contributed by atoms with E-state index in [1.807, 2.05) is 0 Å². The average molecular weight is 428 g/mol. The first-order valence-electron chi connectivity index (χ1n) is 8.25. The van der Waals surface area contributed by atoms with E-state index in [1.165, 1.54) is 31.6 Å². The predicted octanol–water partition coefficient (Wildman–Crippen LogP) is 2.53. The van der Waals surface area contributed by atoms with Crippen LogP contribution in [0.3, 0.4) is 0 Å². The van der Waals surface area contributed by atoms with E-state index in [2.05, 4.69) is 24.5 Å². The molecule has 3 rings (SSSR count). The fraction of sp³-hybridized carbons (Fsp3) is 0.235. The van der Waals surface area contributed by atoms with Crippen molar-refractivity contribution in [3.05, 3.63) is 42.2 Å². The van der Waals surface area contributed by atoms with Gasteiger partial charge in [0.1, 0.15) is 11.3 Å². The summed E-state index contributed by atoms with van der Waals surface area (Å²) in [6, 6.07) is 5.01. The third-order valence-electron chi connectivity index (χ3n) is 4.04. The Labute approximate surface area is 163 Å². The van der Waals surface area contributed by atoms with Crippen molar-refractivity contribution in [3.8, 4) is 17.0 Å². The summed E-state index contributed by atoms with van der Waals surface area (Å²) in [6.07, 6.45) is 3.53. The molecule has 0 atom stereocenters. The number of hydrogen-bond donors (Lipinski definition) is 2. The largest absolute Gasteiger partial charge is 0.534 e. The van der Waals surface area contributed by atoms with Crippen molar-refractivity contribution < 1.29 is 30.6 Å². The quantitative estimate of drug-likeness (QED) is 0.461. The van der Waals surface area contributed by atoms with Crippen LogP contribution in [-0.4, -0.2) is 41.8 Å². The number of H-pyrrole nitrogens is 1. The van der Waals surface area contributed by atoms with Crippen LogP contribution in [0.25, 0.3) is 22.4 Å². The molecule has 0 bridgehead atoms. The molecule has 2 heterocycles. The molecule has 3 aromatic rings. The number of rotatable bonds is 6. The molecular weight excluding hydrogens is 413 g/mol. The van der Waals surface area contributed by atoms with Gasteiger partial charge in [0.2, 0.25) is 5.91 Å². The minimum atomic E-state index is -5.75. The molecule has 0 saturated heterocycles. The molecule has 1 amide bonds. The van der Waals surface area contributed by atoms with Gasteiger partial charge >= 0.3 is 15.6 Å². The number of hydrogen-bond acceptors (Lipinski definition) is 6. The van der Waals surface area contributed by atoms with Crippen LogP contribution >= 0.6 is 0 Å². The molecule has 1 aromatic carbocycles. The highest BCUT2D eigenvalue weighted by Crippen LogP contribution is 2.32. The number of aromatic nitrogens is 3. The third-order valence-corrected chi connectivity index (χ3v) is 5.02. The van der Waals surface area contributed by atoms with Crippen LogP contribution in [-0.2, 0) is 21.3 Å². The number of nitrogens with one attached hydrogen (secondary N) is 2. The minimum absolute atomic E-state index is 0.171. The lowest BCUT2D eigenvalue weighted by molar-refractivity contribution is -0.120. The average Bonchev–Trinajstić information content (AvgIpc) is 3.04. The van der Waals surface area contributed by atoms with Crippen molar-refractivity contribution in [2.24, 2.45) is 0 Å². The van der Waals surface area contributed by atoms with Crippen molar-refractivity contribution in [2.75, 3.05) is 7.05 Å². The molecule has 0 unspecified atom stereocenters. The molecule has 0 fully saturated rings. The lowest BCUT2D eigenvalue weighted by Crippen LogP contribution is -2.28. The molecule has 2 aromatic heterocycles. The predicted molar refractivity (Wildman–Crippen MR) is 97.3 cm³/mol. The summed E-state index contributed by atoms with van der Waals surface area (Å²) in [5.41, 5.74) is -2.67. The van der Waals surface area contributed by atoms with Crippen LogP contribution in [0.15, 0.2) is 36.7 Å². The molecule has 29 heavy (non-hydrogen) atoms. The third kappa shape index (κ3) is 4.31. The number of aryl methyl sites for hydroxylation is 1. The summed E-state index contributed by atoms with van der Waals surface area (Å²) in [5.74, 6) is -0.652. The van der Waals surface area contributed by atoms with E-state index in [1.54, 1.807) is 0 Å². The number of alkyl halides is 3.